The minimum absolute atomic E-state index is 0.0763. The van der Waals surface area contributed by atoms with Gasteiger partial charge in [-0.3, -0.25) is 14.4 Å². The molecule has 0 aliphatic carbocycles. The van der Waals surface area contributed by atoms with Crippen molar-refractivity contribution in [2.45, 2.75) is 6.54 Å². The van der Waals surface area contributed by atoms with E-state index in [4.69, 9.17) is 5.11 Å². The molecule has 1 N–H and O–H groups in total. The molecule has 0 atom stereocenters. The van der Waals surface area contributed by atoms with Crippen LogP contribution in [0.3, 0.4) is 0 Å². The number of carbonyl (C=O) groups excluding carboxylic acids is 2. The highest BCUT2D eigenvalue weighted by atomic mass is 79.9. The Labute approximate surface area is 140 Å². The number of benzene rings is 1. The summed E-state index contributed by atoms with van der Waals surface area (Å²) >= 11 is 4.79. The predicted octanol–water partition coefficient (Wildman–Crippen LogP) is 1.40. The number of halogens is 1. The van der Waals surface area contributed by atoms with Gasteiger partial charge in [0.05, 0.1) is 11.6 Å². The van der Waals surface area contributed by atoms with E-state index in [2.05, 4.69) is 15.9 Å². The molecule has 0 spiro atoms. The molecule has 6 nitrogen and oxygen atoms in total. The van der Waals surface area contributed by atoms with Gasteiger partial charge in [-0.1, -0.05) is 28.1 Å². The van der Waals surface area contributed by atoms with Gasteiger partial charge in [-0.05, 0) is 17.7 Å². The molecule has 8 heteroatoms. The maximum Gasteiger partial charge on any atom is 0.323 e. The summed E-state index contributed by atoms with van der Waals surface area (Å²) in [6.07, 6.45) is 0. The summed E-state index contributed by atoms with van der Waals surface area (Å²) < 4.78 is 0.860. The molecule has 2 rings (SSSR count). The molecular formula is C14H15BrN2O4S. The van der Waals surface area contributed by atoms with Gasteiger partial charge in [0.15, 0.2) is 0 Å². The zero-order valence-electron chi connectivity index (χ0n) is 11.7. The lowest BCUT2D eigenvalue weighted by Crippen LogP contribution is -2.42. The van der Waals surface area contributed by atoms with Crippen LogP contribution in [0.2, 0.25) is 0 Å². The molecule has 1 saturated heterocycles. The van der Waals surface area contributed by atoms with Crippen molar-refractivity contribution in [2.75, 3.05) is 24.7 Å². The zero-order valence-corrected chi connectivity index (χ0v) is 14.1. The van der Waals surface area contributed by atoms with Crippen LogP contribution in [-0.2, 0) is 20.9 Å². The number of hydrogen-bond acceptors (Lipinski definition) is 4. The second-order valence-electron chi connectivity index (χ2n) is 4.84. The Morgan fingerprint density at radius 3 is 2.77 bits per heavy atom. The maximum atomic E-state index is 12.3. The van der Waals surface area contributed by atoms with Crippen LogP contribution in [0.5, 0.6) is 0 Å². The normalized spacial score (nSPS) is 14.2. The third-order valence-corrected chi connectivity index (χ3v) is 4.53. The number of amides is 2. The van der Waals surface area contributed by atoms with Gasteiger partial charge in [-0.15, -0.1) is 11.8 Å². The van der Waals surface area contributed by atoms with Crippen molar-refractivity contribution in [2.24, 2.45) is 0 Å². The van der Waals surface area contributed by atoms with E-state index >= 15 is 0 Å². The number of thioether (sulfide) groups is 1. The van der Waals surface area contributed by atoms with Crippen molar-refractivity contribution in [3.63, 3.8) is 0 Å². The molecule has 22 heavy (non-hydrogen) atoms. The number of nitrogens with zero attached hydrogens (tertiary/aromatic N) is 2. The van der Waals surface area contributed by atoms with Crippen molar-refractivity contribution in [1.82, 2.24) is 9.80 Å². The summed E-state index contributed by atoms with van der Waals surface area (Å²) in [7, 11) is 0. The highest BCUT2D eigenvalue weighted by molar-refractivity contribution is 9.10. The zero-order chi connectivity index (χ0) is 16.1. The molecule has 118 valence electrons. The third-order valence-electron chi connectivity index (χ3n) is 3.09. The Kier molecular flexibility index (Phi) is 5.84. The first-order chi connectivity index (χ1) is 10.5. The molecule has 0 saturated carbocycles. The first-order valence-corrected chi connectivity index (χ1v) is 8.50. The fraction of sp³-hybridized carbons (Fsp3) is 0.357. The standard InChI is InChI=1S/C14H15BrN2O4S/c15-11-3-1-2-10(4-11)5-16(7-14(20)21)12(18)6-17-9-22-8-13(17)19/h1-4H,5-9H2,(H,20,21). The molecule has 2 amide bonds. The maximum absolute atomic E-state index is 12.3. The number of hydrogen-bond donors (Lipinski definition) is 1. The molecule has 0 aromatic heterocycles. The van der Waals surface area contributed by atoms with Crippen LogP contribution in [0.4, 0.5) is 0 Å². The van der Waals surface area contributed by atoms with Crippen LogP contribution in [0.25, 0.3) is 0 Å². The Morgan fingerprint density at radius 2 is 2.18 bits per heavy atom. The molecule has 1 aliphatic rings. The SMILES string of the molecule is O=C(O)CN(Cc1cccc(Br)c1)C(=O)CN1CSCC1=O. The lowest BCUT2D eigenvalue weighted by Gasteiger charge is -2.24. The summed E-state index contributed by atoms with van der Waals surface area (Å²) in [5, 5.41) is 8.99. The van der Waals surface area contributed by atoms with Gasteiger partial charge in [-0.25, -0.2) is 0 Å². The average Bonchev–Trinajstić information content (AvgIpc) is 2.83. The Balaban J connectivity index is 2.06. The summed E-state index contributed by atoms with van der Waals surface area (Å²) in [6, 6.07) is 7.33. The molecule has 1 aromatic rings. The smallest absolute Gasteiger partial charge is 0.323 e. The Morgan fingerprint density at radius 1 is 1.41 bits per heavy atom. The van der Waals surface area contributed by atoms with E-state index in [1.807, 2.05) is 24.3 Å². The molecule has 0 unspecified atom stereocenters. The number of rotatable bonds is 6. The van der Waals surface area contributed by atoms with Gasteiger partial charge in [0, 0.05) is 11.0 Å². The van der Waals surface area contributed by atoms with Gasteiger partial charge in [0.2, 0.25) is 11.8 Å². The van der Waals surface area contributed by atoms with E-state index in [-0.39, 0.29) is 31.4 Å². The second-order valence-corrected chi connectivity index (χ2v) is 6.71. The first-order valence-electron chi connectivity index (χ1n) is 6.55. The average molecular weight is 387 g/mol. The fourth-order valence-electron chi connectivity index (χ4n) is 2.05. The van der Waals surface area contributed by atoms with E-state index in [1.54, 1.807) is 0 Å². The van der Waals surface area contributed by atoms with Crippen molar-refractivity contribution in [3.05, 3.63) is 34.3 Å². The minimum Gasteiger partial charge on any atom is -0.480 e. The molecule has 1 fully saturated rings. The second kappa shape index (κ2) is 7.64. The quantitative estimate of drug-likeness (QED) is 0.799. The molecule has 0 bridgehead atoms. The van der Waals surface area contributed by atoms with Crippen molar-refractivity contribution in [3.8, 4) is 0 Å². The highest BCUT2D eigenvalue weighted by Gasteiger charge is 2.26. The van der Waals surface area contributed by atoms with Crippen molar-refractivity contribution < 1.29 is 19.5 Å². The van der Waals surface area contributed by atoms with Crippen LogP contribution < -0.4 is 0 Å². The van der Waals surface area contributed by atoms with Gasteiger partial charge in [-0.2, -0.15) is 0 Å². The monoisotopic (exact) mass is 386 g/mol. The van der Waals surface area contributed by atoms with Gasteiger partial charge < -0.3 is 14.9 Å². The van der Waals surface area contributed by atoms with Crippen molar-refractivity contribution >= 4 is 45.5 Å². The predicted molar refractivity (Wildman–Crippen MR) is 86.2 cm³/mol. The Bertz CT molecular complexity index is 596. The van der Waals surface area contributed by atoms with E-state index in [0.717, 1.165) is 10.0 Å². The van der Waals surface area contributed by atoms with Crippen LogP contribution in [0.15, 0.2) is 28.7 Å². The molecular weight excluding hydrogens is 372 g/mol. The summed E-state index contributed by atoms with van der Waals surface area (Å²) in [6.45, 7) is -0.270. The van der Waals surface area contributed by atoms with Crippen LogP contribution >= 0.6 is 27.7 Å². The summed E-state index contributed by atoms with van der Waals surface area (Å²) in [4.78, 5) is 37.6. The molecule has 0 radical (unpaired) electrons. The lowest BCUT2D eigenvalue weighted by molar-refractivity contribution is -0.146. The number of carboxylic acid groups (broad SMARTS) is 1. The third kappa shape index (κ3) is 4.74. The molecule has 1 heterocycles. The molecule has 1 aliphatic heterocycles. The topological polar surface area (TPSA) is 77.9 Å². The van der Waals surface area contributed by atoms with Crippen LogP contribution in [0.1, 0.15) is 5.56 Å². The summed E-state index contributed by atoms with van der Waals surface area (Å²) in [5.41, 5.74) is 0.825. The van der Waals surface area contributed by atoms with Crippen molar-refractivity contribution in [1.29, 1.82) is 0 Å². The largest absolute Gasteiger partial charge is 0.480 e. The van der Waals surface area contributed by atoms with Crippen LogP contribution in [0, 0.1) is 0 Å². The van der Waals surface area contributed by atoms with E-state index < -0.39 is 5.97 Å². The fourth-order valence-corrected chi connectivity index (χ4v) is 3.41. The number of carboxylic acids is 1. The van der Waals surface area contributed by atoms with E-state index in [0.29, 0.717) is 11.6 Å². The summed E-state index contributed by atoms with van der Waals surface area (Å²) in [5.74, 6) is -0.681. The van der Waals surface area contributed by atoms with Gasteiger partial charge in [0.1, 0.15) is 13.1 Å². The van der Waals surface area contributed by atoms with Gasteiger partial charge in [0.25, 0.3) is 0 Å². The lowest BCUT2D eigenvalue weighted by atomic mass is 10.2. The highest BCUT2D eigenvalue weighted by Crippen LogP contribution is 2.16. The number of aliphatic carboxylic acids is 1. The number of carbonyl (C=O) groups is 3. The van der Waals surface area contributed by atoms with E-state index in [9.17, 15) is 14.4 Å². The molecule has 1 aromatic carbocycles. The minimum atomic E-state index is -1.08. The first kappa shape index (κ1) is 16.8. The van der Waals surface area contributed by atoms with Gasteiger partial charge >= 0.3 is 5.97 Å². The van der Waals surface area contributed by atoms with Crippen LogP contribution in [-0.4, -0.2) is 57.4 Å². The van der Waals surface area contributed by atoms with E-state index in [1.165, 1.54) is 21.6 Å². The Hall–Kier alpha value is -1.54.